The van der Waals surface area contributed by atoms with Crippen LogP contribution in [0.4, 0.5) is 8.78 Å². The van der Waals surface area contributed by atoms with E-state index < -0.39 is 29.7 Å². The summed E-state index contributed by atoms with van der Waals surface area (Å²) in [5, 5.41) is 8.85. The van der Waals surface area contributed by atoms with Crippen molar-refractivity contribution in [3.05, 3.63) is 68.1 Å². The summed E-state index contributed by atoms with van der Waals surface area (Å²) in [4.78, 5) is 22.5. The molecule has 0 aliphatic carbocycles. The third-order valence-corrected chi connectivity index (χ3v) is 3.31. The number of carboxylic acids is 1. The topological polar surface area (TPSA) is 59.3 Å². The van der Waals surface area contributed by atoms with Crippen LogP contribution in [0.5, 0.6) is 0 Å². The minimum Gasteiger partial charge on any atom is -0.478 e. The summed E-state index contributed by atoms with van der Waals surface area (Å²) in [7, 11) is 0. The van der Waals surface area contributed by atoms with E-state index in [4.69, 9.17) is 5.11 Å². The van der Waals surface area contributed by atoms with Gasteiger partial charge >= 0.3 is 5.97 Å². The molecule has 0 unspecified atom stereocenters. The molecule has 1 aromatic carbocycles. The molecule has 0 amide bonds. The number of halogens is 3. The van der Waals surface area contributed by atoms with Crippen molar-refractivity contribution in [2.45, 2.75) is 6.54 Å². The summed E-state index contributed by atoms with van der Waals surface area (Å²) in [6, 6.07) is 4.45. The average Bonchev–Trinajstić information content (AvgIpc) is 2.41. The Balaban J connectivity index is 2.50. The second-order valence-corrected chi connectivity index (χ2v) is 4.87. The number of rotatable bonds is 3. The van der Waals surface area contributed by atoms with E-state index >= 15 is 0 Å². The van der Waals surface area contributed by atoms with Gasteiger partial charge in [-0.05, 0) is 34.1 Å². The molecule has 0 spiro atoms. The van der Waals surface area contributed by atoms with Gasteiger partial charge in [0.1, 0.15) is 11.6 Å². The van der Waals surface area contributed by atoms with Gasteiger partial charge in [-0.3, -0.25) is 4.79 Å². The molecule has 0 bridgehead atoms. The smallest absolute Gasteiger partial charge is 0.337 e. The predicted molar refractivity (Wildman–Crippen MR) is 70.8 cm³/mol. The lowest BCUT2D eigenvalue weighted by molar-refractivity contribution is 0.0696. The van der Waals surface area contributed by atoms with Crippen molar-refractivity contribution in [1.29, 1.82) is 0 Å². The number of hydrogen-bond donors (Lipinski definition) is 1. The van der Waals surface area contributed by atoms with Gasteiger partial charge in [0.2, 0.25) is 0 Å². The summed E-state index contributed by atoms with van der Waals surface area (Å²) in [6.07, 6.45) is 1.05. The number of hydrogen-bond acceptors (Lipinski definition) is 2. The lowest BCUT2D eigenvalue weighted by Gasteiger charge is -2.09. The van der Waals surface area contributed by atoms with E-state index in [0.29, 0.717) is 0 Å². The second-order valence-electron chi connectivity index (χ2n) is 4.01. The maximum atomic E-state index is 13.8. The van der Waals surface area contributed by atoms with E-state index in [1.165, 1.54) is 6.07 Å². The van der Waals surface area contributed by atoms with E-state index in [1.54, 1.807) is 0 Å². The molecule has 20 heavy (non-hydrogen) atoms. The highest BCUT2D eigenvalue weighted by Crippen LogP contribution is 2.22. The van der Waals surface area contributed by atoms with Crippen molar-refractivity contribution in [2.75, 3.05) is 0 Å². The zero-order valence-corrected chi connectivity index (χ0v) is 11.5. The molecule has 1 aromatic heterocycles. The maximum Gasteiger partial charge on any atom is 0.337 e. The molecule has 7 heteroatoms. The van der Waals surface area contributed by atoms with E-state index in [-0.39, 0.29) is 15.6 Å². The first-order valence-electron chi connectivity index (χ1n) is 5.46. The van der Waals surface area contributed by atoms with Crippen molar-refractivity contribution in [3.63, 3.8) is 0 Å². The molecule has 0 saturated carbocycles. The fraction of sp³-hybridized carbons (Fsp3) is 0.0769. The van der Waals surface area contributed by atoms with Gasteiger partial charge in [-0.15, -0.1) is 0 Å². The number of aromatic nitrogens is 1. The lowest BCUT2D eigenvalue weighted by Crippen LogP contribution is -2.22. The Morgan fingerprint density at radius 1 is 1.25 bits per heavy atom. The molecule has 0 atom stereocenters. The molecule has 2 rings (SSSR count). The molecule has 2 aromatic rings. The van der Waals surface area contributed by atoms with E-state index in [2.05, 4.69) is 15.9 Å². The van der Waals surface area contributed by atoms with Gasteiger partial charge in [-0.25, -0.2) is 13.6 Å². The van der Waals surface area contributed by atoms with Crippen LogP contribution in [0, 0.1) is 11.6 Å². The Bertz CT molecular complexity index is 743. The first kappa shape index (κ1) is 14.4. The SMILES string of the molecule is O=C(O)c1ccc(=O)n(Cc2c(F)ccc(Br)c2F)c1. The highest BCUT2D eigenvalue weighted by atomic mass is 79.9. The number of aromatic carboxylic acids is 1. The Morgan fingerprint density at radius 2 is 1.95 bits per heavy atom. The number of carbonyl (C=O) groups is 1. The van der Waals surface area contributed by atoms with Crippen molar-refractivity contribution >= 4 is 21.9 Å². The second kappa shape index (κ2) is 5.54. The first-order valence-corrected chi connectivity index (χ1v) is 6.25. The fourth-order valence-electron chi connectivity index (χ4n) is 1.67. The van der Waals surface area contributed by atoms with Crippen LogP contribution in [-0.4, -0.2) is 15.6 Å². The maximum absolute atomic E-state index is 13.8. The highest BCUT2D eigenvalue weighted by Gasteiger charge is 2.14. The zero-order chi connectivity index (χ0) is 14.9. The first-order chi connectivity index (χ1) is 9.40. The van der Waals surface area contributed by atoms with E-state index in [1.807, 2.05) is 0 Å². The van der Waals surface area contributed by atoms with Crippen molar-refractivity contribution in [1.82, 2.24) is 4.57 Å². The van der Waals surface area contributed by atoms with Crippen LogP contribution in [0.15, 0.2) is 39.7 Å². The Labute approximate surface area is 120 Å². The van der Waals surface area contributed by atoms with Gasteiger partial charge in [-0.2, -0.15) is 0 Å². The quantitative estimate of drug-likeness (QED) is 0.871. The Morgan fingerprint density at radius 3 is 2.60 bits per heavy atom. The van der Waals surface area contributed by atoms with Crippen LogP contribution in [-0.2, 0) is 6.54 Å². The minimum atomic E-state index is -1.23. The molecule has 0 fully saturated rings. The number of nitrogens with zero attached hydrogens (tertiary/aromatic N) is 1. The molecule has 0 aliphatic rings. The van der Waals surface area contributed by atoms with Gasteiger partial charge in [-0.1, -0.05) is 0 Å². The molecule has 0 saturated heterocycles. The van der Waals surface area contributed by atoms with E-state index in [0.717, 1.165) is 29.0 Å². The molecule has 1 heterocycles. The lowest BCUT2D eigenvalue weighted by atomic mass is 10.2. The number of pyridine rings is 1. The standard InChI is InChI=1S/C13H8BrF2NO3/c14-9-2-3-10(15)8(12(9)16)6-17-5-7(13(19)20)1-4-11(17)18/h1-5H,6H2,(H,19,20). The number of carboxylic acid groups (broad SMARTS) is 1. The zero-order valence-electron chi connectivity index (χ0n) is 9.94. The van der Waals surface area contributed by atoms with Gasteiger partial charge < -0.3 is 9.67 Å². The van der Waals surface area contributed by atoms with Gasteiger partial charge in [0.25, 0.3) is 5.56 Å². The summed E-state index contributed by atoms with van der Waals surface area (Å²) >= 11 is 2.93. The van der Waals surface area contributed by atoms with Gasteiger partial charge in [0.15, 0.2) is 0 Å². The Hall–Kier alpha value is -2.02. The van der Waals surface area contributed by atoms with Crippen molar-refractivity contribution in [3.8, 4) is 0 Å². The summed E-state index contributed by atoms with van der Waals surface area (Å²) in [5.41, 5.74) is -1.00. The Kier molecular flexibility index (Phi) is 3.99. The van der Waals surface area contributed by atoms with Crippen molar-refractivity contribution in [2.24, 2.45) is 0 Å². The molecule has 0 aliphatic heterocycles. The molecule has 4 nitrogen and oxygen atoms in total. The molecule has 0 radical (unpaired) electrons. The van der Waals surface area contributed by atoms with Crippen LogP contribution < -0.4 is 5.56 Å². The van der Waals surface area contributed by atoms with Crippen LogP contribution in [0.25, 0.3) is 0 Å². The third kappa shape index (κ3) is 2.77. The van der Waals surface area contributed by atoms with Crippen LogP contribution in [0.3, 0.4) is 0 Å². The molecule has 1 N–H and O–H groups in total. The highest BCUT2D eigenvalue weighted by molar-refractivity contribution is 9.10. The van der Waals surface area contributed by atoms with Gasteiger partial charge in [0.05, 0.1) is 16.6 Å². The molecular weight excluding hydrogens is 336 g/mol. The van der Waals surface area contributed by atoms with E-state index in [9.17, 15) is 18.4 Å². The largest absolute Gasteiger partial charge is 0.478 e. The van der Waals surface area contributed by atoms with Crippen LogP contribution in [0.2, 0.25) is 0 Å². The fourth-order valence-corrected chi connectivity index (χ4v) is 2.04. The number of benzene rings is 1. The summed E-state index contributed by atoms with van der Waals surface area (Å²) in [6.45, 7) is -0.392. The molecule has 104 valence electrons. The monoisotopic (exact) mass is 343 g/mol. The minimum absolute atomic E-state index is 0.0661. The summed E-state index contributed by atoms with van der Waals surface area (Å²) < 4.78 is 28.4. The van der Waals surface area contributed by atoms with Gasteiger partial charge in [0, 0.05) is 17.8 Å². The van der Waals surface area contributed by atoms with Crippen molar-refractivity contribution < 1.29 is 18.7 Å². The predicted octanol–water partition coefficient (Wildman–Crippen LogP) is 2.64. The summed E-state index contributed by atoms with van der Waals surface area (Å²) in [5.74, 6) is -2.86. The van der Waals surface area contributed by atoms with Crippen LogP contribution >= 0.6 is 15.9 Å². The normalized spacial score (nSPS) is 10.6. The average molecular weight is 344 g/mol. The third-order valence-electron chi connectivity index (χ3n) is 2.70. The van der Waals surface area contributed by atoms with Crippen LogP contribution in [0.1, 0.15) is 15.9 Å². The molecular formula is C13H8BrF2NO3.